The van der Waals surface area contributed by atoms with Gasteiger partial charge in [-0.15, -0.1) is 0 Å². The molecule has 0 saturated carbocycles. The molecule has 0 radical (unpaired) electrons. The molecular formula is C37H24BF24NO3. The van der Waals surface area contributed by atoms with E-state index in [0.29, 0.717) is 6.61 Å². The van der Waals surface area contributed by atoms with Crippen molar-refractivity contribution in [3.8, 4) is 0 Å². The summed E-state index contributed by atoms with van der Waals surface area (Å²) in [6.45, 7) is 1.80. The predicted octanol–water partition coefficient (Wildman–Crippen LogP) is 9.37. The number of hydrogen-bond donors (Lipinski definition) is 2. The minimum atomic E-state index is -6.13. The molecule has 0 amide bonds. The number of rotatable bonds is 7. The van der Waals surface area contributed by atoms with E-state index in [4.69, 9.17) is 5.11 Å². The van der Waals surface area contributed by atoms with Gasteiger partial charge in [-0.2, -0.15) is 127 Å². The lowest BCUT2D eigenvalue weighted by Crippen LogP contribution is -2.75. The minimum Gasteiger partial charge on any atom is -0.462 e. The van der Waals surface area contributed by atoms with E-state index in [0.717, 1.165) is 0 Å². The molecule has 1 atom stereocenters. The Balaban J connectivity index is 0.00000116. The predicted molar refractivity (Wildman–Crippen MR) is 180 cm³/mol. The fraction of sp³-hybridized carbons (Fsp3) is 0.324. The zero-order valence-electron chi connectivity index (χ0n) is 32.0. The van der Waals surface area contributed by atoms with Crippen LogP contribution in [0.1, 0.15) is 51.4 Å². The first-order valence-electron chi connectivity index (χ1n) is 17.4. The highest BCUT2D eigenvalue weighted by Crippen LogP contribution is 2.41. The number of alkyl halides is 24. The van der Waals surface area contributed by atoms with Gasteiger partial charge in [0.15, 0.2) is 0 Å². The van der Waals surface area contributed by atoms with Gasteiger partial charge in [0.2, 0.25) is 6.04 Å². The molecule has 0 aliphatic rings. The number of esters is 1. The highest BCUT2D eigenvalue weighted by atomic mass is 19.4. The van der Waals surface area contributed by atoms with E-state index < -0.39 is 207 Å². The van der Waals surface area contributed by atoms with E-state index in [-0.39, 0.29) is 6.61 Å². The van der Waals surface area contributed by atoms with Crippen LogP contribution in [0.15, 0.2) is 72.8 Å². The highest BCUT2D eigenvalue weighted by Gasteiger charge is 2.47. The van der Waals surface area contributed by atoms with Crippen molar-refractivity contribution in [2.45, 2.75) is 62.4 Å². The van der Waals surface area contributed by atoms with Crippen LogP contribution >= 0.6 is 0 Å². The number of quaternary nitrogens is 1. The zero-order valence-corrected chi connectivity index (χ0v) is 32.0. The van der Waals surface area contributed by atoms with Crippen LogP contribution in [0.4, 0.5) is 105 Å². The summed E-state index contributed by atoms with van der Waals surface area (Å²) in [6.07, 6.45) is -54.8. The second kappa shape index (κ2) is 18.4. The smallest absolute Gasteiger partial charge is 0.416 e. The summed E-state index contributed by atoms with van der Waals surface area (Å²) < 4.78 is 345. The number of aliphatic hydroxyl groups is 1. The topological polar surface area (TPSA) is 74.2 Å². The van der Waals surface area contributed by atoms with Crippen molar-refractivity contribution >= 4 is 34.0 Å². The van der Waals surface area contributed by atoms with Crippen LogP contribution in [-0.4, -0.2) is 36.5 Å². The molecule has 0 aromatic heterocycles. The van der Waals surface area contributed by atoms with Gasteiger partial charge in [0.1, 0.15) is 12.8 Å². The standard InChI is InChI=1S/C32H12BF24.C5H11NO3/c34-25(35,36)13-1-14(26(37,38)39)6-21(5-13)33(22-7-15(27(40,41)42)2-16(8-22)28(43,44)45,23-9-17(29(46,47)48)3-18(10-23)30(49,50)51)24-11-19(31(52,53)54)4-20(12-24)32(55,56)57;1-2-9-5(8)4(6)3-7/h1-12H;4,7H,2-3,6H2,1H3/q-1;/p+1/t;4-/m.0/s1. The first-order valence-corrected chi connectivity index (χ1v) is 17.4. The number of carbonyl (C=O) groups excluding carboxylic acids is 1. The van der Waals surface area contributed by atoms with Crippen molar-refractivity contribution < 1.29 is 126 Å². The number of aliphatic hydroxyl groups excluding tert-OH is 1. The van der Waals surface area contributed by atoms with Crippen LogP contribution in [0.5, 0.6) is 0 Å². The molecule has 0 saturated heterocycles. The molecule has 0 bridgehead atoms. The van der Waals surface area contributed by atoms with Crippen LogP contribution in [0.3, 0.4) is 0 Å². The Labute approximate surface area is 352 Å². The third-order valence-electron chi connectivity index (χ3n) is 9.28. The van der Waals surface area contributed by atoms with Gasteiger partial charge in [-0.1, -0.05) is 48.5 Å². The number of halogens is 24. The number of benzene rings is 4. The summed E-state index contributed by atoms with van der Waals surface area (Å²) in [7, 11) is 0. The average Bonchev–Trinajstić information content (AvgIpc) is 3.15. The van der Waals surface area contributed by atoms with Crippen molar-refractivity contribution in [1.82, 2.24) is 0 Å². The Morgan fingerprint density at radius 3 is 0.712 bits per heavy atom. The fourth-order valence-corrected chi connectivity index (χ4v) is 6.41. The largest absolute Gasteiger partial charge is 0.462 e. The van der Waals surface area contributed by atoms with Gasteiger partial charge >= 0.3 is 55.4 Å². The van der Waals surface area contributed by atoms with E-state index in [1.165, 1.54) is 0 Å². The molecule has 4 rings (SSSR count). The summed E-state index contributed by atoms with van der Waals surface area (Å²) in [4.78, 5) is 10.5. The Bertz CT molecular complexity index is 1930. The van der Waals surface area contributed by atoms with E-state index in [1.54, 1.807) is 6.92 Å². The molecule has 29 heteroatoms. The number of carbonyl (C=O) groups is 1. The monoisotopic (exact) mass is 997 g/mol. The molecule has 0 spiro atoms. The van der Waals surface area contributed by atoms with Gasteiger partial charge in [0.05, 0.1) is 51.1 Å². The van der Waals surface area contributed by atoms with Gasteiger partial charge in [-0.25, -0.2) is 4.79 Å². The maximum atomic E-state index is 14.2. The second-order valence-electron chi connectivity index (χ2n) is 13.9. The van der Waals surface area contributed by atoms with Gasteiger partial charge < -0.3 is 15.6 Å². The summed E-state index contributed by atoms with van der Waals surface area (Å²) in [6, 6.07) is -9.44. The van der Waals surface area contributed by atoms with Crippen LogP contribution in [0.2, 0.25) is 0 Å². The molecule has 0 heterocycles. The average molecular weight is 997 g/mol. The summed E-state index contributed by atoms with van der Waals surface area (Å²) in [5.74, 6) is -0.444. The lowest BCUT2D eigenvalue weighted by molar-refractivity contribution is -0.413. The number of ether oxygens (including phenoxy) is 1. The first kappa shape index (κ1) is 55.0. The molecule has 366 valence electrons. The highest BCUT2D eigenvalue weighted by molar-refractivity contribution is 7.20. The Morgan fingerprint density at radius 1 is 0.424 bits per heavy atom. The molecule has 0 unspecified atom stereocenters. The fourth-order valence-electron chi connectivity index (χ4n) is 6.41. The molecule has 4 aromatic rings. The quantitative estimate of drug-likeness (QED) is 0.110. The SMILES string of the molecule is CCOC(=O)[C@@H]([NH3+])CO.FC(F)(F)c1cc([B-](c2cc(C(F)(F)F)cc(C(F)(F)F)c2)(c2cc(C(F)(F)F)cc(C(F)(F)F)c2)c2cc(C(F)(F)F)cc(C(F)(F)F)c2)cc(C(F)(F)F)c1. The molecule has 0 aliphatic carbocycles. The molecule has 4 aromatic carbocycles. The van der Waals surface area contributed by atoms with Gasteiger partial charge in [-0.3, -0.25) is 0 Å². The van der Waals surface area contributed by atoms with Crippen molar-refractivity contribution in [3.63, 3.8) is 0 Å². The lowest BCUT2D eigenvalue weighted by atomic mass is 9.12. The molecule has 0 aliphatic heterocycles. The van der Waals surface area contributed by atoms with Crippen LogP contribution < -0.4 is 27.6 Å². The third-order valence-corrected chi connectivity index (χ3v) is 9.28. The van der Waals surface area contributed by atoms with Gasteiger partial charge in [0.25, 0.3) is 0 Å². The summed E-state index contributed by atoms with van der Waals surface area (Å²) in [5.41, 5.74) is -26.9. The molecule has 4 nitrogen and oxygen atoms in total. The van der Waals surface area contributed by atoms with Crippen molar-refractivity contribution in [1.29, 1.82) is 0 Å². The van der Waals surface area contributed by atoms with Crippen molar-refractivity contribution in [2.24, 2.45) is 0 Å². The van der Waals surface area contributed by atoms with Crippen molar-refractivity contribution in [2.75, 3.05) is 13.2 Å². The zero-order chi connectivity index (χ0) is 51.2. The van der Waals surface area contributed by atoms with E-state index >= 15 is 0 Å². The normalized spacial score (nSPS) is 14.1. The summed E-state index contributed by atoms with van der Waals surface area (Å²) in [5, 5.41) is 8.37. The van der Waals surface area contributed by atoms with Crippen molar-refractivity contribution in [3.05, 3.63) is 117 Å². The van der Waals surface area contributed by atoms with Gasteiger partial charge in [-0.05, 0) is 31.2 Å². The first-order chi connectivity index (χ1) is 29.5. The van der Waals surface area contributed by atoms with E-state index in [1.807, 2.05) is 0 Å². The molecular weight excluding hydrogens is 973 g/mol. The van der Waals surface area contributed by atoms with E-state index in [9.17, 15) is 110 Å². The van der Waals surface area contributed by atoms with Crippen LogP contribution in [0, 0.1) is 0 Å². The van der Waals surface area contributed by atoms with Gasteiger partial charge in [0, 0.05) is 0 Å². The minimum absolute atomic E-state index is 0.251. The molecule has 0 fully saturated rings. The third kappa shape index (κ3) is 12.8. The maximum Gasteiger partial charge on any atom is 0.416 e. The Kier molecular flexibility index (Phi) is 15.3. The molecule has 66 heavy (non-hydrogen) atoms. The van der Waals surface area contributed by atoms with Crippen LogP contribution in [-0.2, 0) is 58.9 Å². The second-order valence-corrected chi connectivity index (χ2v) is 13.9. The van der Waals surface area contributed by atoms with Crippen LogP contribution in [0.25, 0.3) is 0 Å². The Morgan fingerprint density at radius 2 is 0.591 bits per heavy atom. The molecule has 4 N–H and O–H groups in total. The Hall–Kier alpha value is -5.35. The lowest BCUT2D eigenvalue weighted by Gasteiger charge is -2.46. The number of hydrogen-bond acceptors (Lipinski definition) is 3. The van der Waals surface area contributed by atoms with E-state index in [2.05, 4.69) is 10.5 Å². The maximum absolute atomic E-state index is 14.2. The summed E-state index contributed by atoms with van der Waals surface area (Å²) >= 11 is 0.